The number of hydrogen-bond acceptors (Lipinski definition) is 3. The van der Waals surface area contributed by atoms with Crippen LogP contribution in [0.4, 0.5) is 24.5 Å². The molecule has 1 heterocycles. The fourth-order valence-corrected chi connectivity index (χ4v) is 1.30. The van der Waals surface area contributed by atoms with Crippen LogP contribution in [0.2, 0.25) is 0 Å². The molecular formula is C8H7F3N2O. The molecule has 1 aromatic carbocycles. The highest BCUT2D eigenvalue weighted by Crippen LogP contribution is 2.36. The summed E-state index contributed by atoms with van der Waals surface area (Å²) in [5, 5.41) is 14.0. The maximum absolute atomic E-state index is 12.2. The van der Waals surface area contributed by atoms with Crippen molar-refractivity contribution in [1.29, 1.82) is 0 Å². The van der Waals surface area contributed by atoms with Crippen molar-refractivity contribution in [2.45, 2.75) is 12.5 Å². The maximum atomic E-state index is 12.2. The lowest BCUT2D eigenvalue weighted by Crippen LogP contribution is -2.20. The number of benzene rings is 1. The van der Waals surface area contributed by atoms with E-state index in [1.54, 1.807) is 0 Å². The van der Waals surface area contributed by atoms with Crippen molar-refractivity contribution >= 4 is 11.4 Å². The van der Waals surface area contributed by atoms with Crippen molar-refractivity contribution < 1.29 is 18.3 Å². The molecule has 0 amide bonds. The van der Waals surface area contributed by atoms with Crippen LogP contribution in [-0.2, 0) is 6.18 Å². The average molecular weight is 204 g/mol. The number of nitrogens with one attached hydrogen (secondary N) is 2. The van der Waals surface area contributed by atoms with E-state index in [1.165, 1.54) is 6.07 Å². The molecule has 1 aromatic rings. The van der Waals surface area contributed by atoms with Gasteiger partial charge in [0.25, 0.3) is 0 Å². The second-order valence-corrected chi connectivity index (χ2v) is 2.95. The van der Waals surface area contributed by atoms with E-state index in [-0.39, 0.29) is 5.69 Å². The lowest BCUT2D eigenvalue weighted by Gasteiger charge is -2.07. The van der Waals surface area contributed by atoms with Crippen molar-refractivity contribution in [3.63, 3.8) is 0 Å². The number of hydrogen-bond donors (Lipinski definition) is 3. The molecule has 1 aliphatic rings. The van der Waals surface area contributed by atoms with Gasteiger partial charge < -0.3 is 15.7 Å². The predicted octanol–water partition coefficient (Wildman–Crippen LogP) is 1.82. The highest BCUT2D eigenvalue weighted by Gasteiger charge is 2.32. The van der Waals surface area contributed by atoms with Crippen LogP contribution in [0.3, 0.4) is 0 Å². The largest absolute Gasteiger partial charge is 0.416 e. The predicted molar refractivity (Wildman–Crippen MR) is 44.7 cm³/mol. The molecule has 14 heavy (non-hydrogen) atoms. The first-order valence-electron chi connectivity index (χ1n) is 3.89. The Morgan fingerprint density at radius 2 is 1.79 bits per heavy atom. The minimum absolute atomic E-state index is 0.257. The number of aliphatic hydroxyl groups excluding tert-OH is 1. The zero-order valence-corrected chi connectivity index (χ0v) is 6.89. The van der Waals surface area contributed by atoms with Crippen LogP contribution in [0.5, 0.6) is 0 Å². The van der Waals surface area contributed by atoms with Gasteiger partial charge in [0.1, 0.15) is 0 Å². The van der Waals surface area contributed by atoms with Gasteiger partial charge in [-0.3, -0.25) is 0 Å². The van der Waals surface area contributed by atoms with Crippen molar-refractivity contribution in [3.05, 3.63) is 23.8 Å². The summed E-state index contributed by atoms with van der Waals surface area (Å²) >= 11 is 0. The fourth-order valence-electron chi connectivity index (χ4n) is 1.30. The molecule has 3 nitrogen and oxygen atoms in total. The SMILES string of the molecule is OC1Nc2ccc(C(F)(F)F)cc2N1. The minimum Gasteiger partial charge on any atom is -0.357 e. The highest BCUT2D eigenvalue weighted by molar-refractivity contribution is 5.74. The monoisotopic (exact) mass is 204 g/mol. The lowest BCUT2D eigenvalue weighted by molar-refractivity contribution is -0.137. The van der Waals surface area contributed by atoms with Crippen LogP contribution < -0.4 is 10.6 Å². The number of aliphatic hydroxyl groups is 1. The summed E-state index contributed by atoms with van der Waals surface area (Å²) in [6, 6.07) is 3.20. The van der Waals surface area contributed by atoms with Crippen LogP contribution in [0.15, 0.2) is 18.2 Å². The molecule has 1 aliphatic heterocycles. The summed E-state index contributed by atoms with van der Waals surface area (Å²) in [5.41, 5.74) is -0.0162. The summed E-state index contributed by atoms with van der Waals surface area (Å²) in [4.78, 5) is 0. The van der Waals surface area contributed by atoms with Crippen LogP contribution in [0.25, 0.3) is 0 Å². The van der Waals surface area contributed by atoms with Crippen molar-refractivity contribution in [2.75, 3.05) is 10.6 Å². The van der Waals surface area contributed by atoms with Gasteiger partial charge in [0.15, 0.2) is 0 Å². The average Bonchev–Trinajstić information content (AvgIpc) is 2.41. The first kappa shape index (κ1) is 9.14. The van der Waals surface area contributed by atoms with E-state index in [0.717, 1.165) is 12.1 Å². The van der Waals surface area contributed by atoms with E-state index in [4.69, 9.17) is 5.11 Å². The third kappa shape index (κ3) is 1.48. The molecule has 6 heteroatoms. The summed E-state index contributed by atoms with van der Waals surface area (Å²) in [7, 11) is 0. The van der Waals surface area contributed by atoms with Gasteiger partial charge in [0, 0.05) is 0 Å². The summed E-state index contributed by atoms with van der Waals surface area (Å²) < 4.78 is 36.7. The molecule has 0 bridgehead atoms. The lowest BCUT2D eigenvalue weighted by atomic mass is 10.2. The van der Waals surface area contributed by atoms with E-state index in [1.807, 2.05) is 0 Å². The maximum Gasteiger partial charge on any atom is 0.416 e. The molecule has 0 radical (unpaired) electrons. The summed E-state index contributed by atoms with van der Waals surface area (Å²) in [6.45, 7) is 0. The molecule has 0 aromatic heterocycles. The third-order valence-corrected chi connectivity index (χ3v) is 1.93. The number of fused-ring (bicyclic) bond motifs is 1. The van der Waals surface area contributed by atoms with Crippen molar-refractivity contribution in [1.82, 2.24) is 0 Å². The number of anilines is 2. The Morgan fingerprint density at radius 1 is 1.14 bits per heavy atom. The molecule has 0 saturated heterocycles. The highest BCUT2D eigenvalue weighted by atomic mass is 19.4. The second-order valence-electron chi connectivity index (χ2n) is 2.95. The van der Waals surface area contributed by atoms with Gasteiger partial charge in [-0.15, -0.1) is 0 Å². The van der Waals surface area contributed by atoms with Gasteiger partial charge in [0.2, 0.25) is 6.35 Å². The Hall–Kier alpha value is -1.43. The van der Waals surface area contributed by atoms with Gasteiger partial charge in [-0.25, -0.2) is 0 Å². The molecule has 0 spiro atoms. The normalized spacial score (nSPS) is 19.9. The summed E-state index contributed by atoms with van der Waals surface area (Å²) in [6.07, 6.45) is -5.38. The Kier molecular flexibility index (Phi) is 1.81. The number of halogens is 3. The first-order valence-corrected chi connectivity index (χ1v) is 3.89. The Balaban J connectivity index is 2.38. The van der Waals surface area contributed by atoms with Gasteiger partial charge in [0.05, 0.1) is 16.9 Å². The van der Waals surface area contributed by atoms with E-state index < -0.39 is 18.1 Å². The van der Waals surface area contributed by atoms with E-state index in [2.05, 4.69) is 10.6 Å². The van der Waals surface area contributed by atoms with Gasteiger partial charge in [-0.1, -0.05) is 0 Å². The molecule has 0 aliphatic carbocycles. The molecular weight excluding hydrogens is 197 g/mol. The number of alkyl halides is 3. The Morgan fingerprint density at radius 3 is 2.43 bits per heavy atom. The van der Waals surface area contributed by atoms with E-state index in [9.17, 15) is 13.2 Å². The van der Waals surface area contributed by atoms with Crippen LogP contribution in [0.1, 0.15) is 5.56 Å². The summed E-state index contributed by atoms with van der Waals surface area (Å²) in [5.74, 6) is 0. The van der Waals surface area contributed by atoms with E-state index >= 15 is 0 Å². The second kappa shape index (κ2) is 2.78. The molecule has 1 atom stereocenters. The fraction of sp³-hybridized carbons (Fsp3) is 0.250. The molecule has 0 fully saturated rings. The zero-order valence-electron chi connectivity index (χ0n) is 6.89. The van der Waals surface area contributed by atoms with Crippen molar-refractivity contribution in [2.24, 2.45) is 0 Å². The smallest absolute Gasteiger partial charge is 0.357 e. The molecule has 0 saturated carbocycles. The quantitative estimate of drug-likeness (QED) is 0.604. The van der Waals surface area contributed by atoms with Crippen LogP contribution >= 0.6 is 0 Å². The van der Waals surface area contributed by atoms with Gasteiger partial charge in [-0.05, 0) is 18.2 Å². The molecule has 3 N–H and O–H groups in total. The molecule has 76 valence electrons. The van der Waals surface area contributed by atoms with Crippen molar-refractivity contribution in [3.8, 4) is 0 Å². The van der Waals surface area contributed by atoms with Gasteiger partial charge >= 0.3 is 6.18 Å². The third-order valence-electron chi connectivity index (χ3n) is 1.93. The molecule has 2 rings (SSSR count). The van der Waals surface area contributed by atoms with Crippen LogP contribution in [0, 0.1) is 0 Å². The molecule has 1 unspecified atom stereocenters. The topological polar surface area (TPSA) is 44.3 Å². The number of rotatable bonds is 0. The van der Waals surface area contributed by atoms with Crippen LogP contribution in [-0.4, -0.2) is 11.5 Å². The minimum atomic E-state index is -4.36. The first-order chi connectivity index (χ1) is 6.47. The Bertz CT molecular complexity index is 364. The standard InChI is InChI=1S/C8H7F3N2O/c9-8(10,11)4-1-2-5-6(3-4)13-7(14)12-5/h1-3,7,12-14H. The Labute approximate surface area is 77.5 Å². The zero-order chi connectivity index (χ0) is 10.3. The van der Waals surface area contributed by atoms with E-state index in [0.29, 0.717) is 5.69 Å². The van der Waals surface area contributed by atoms with Gasteiger partial charge in [-0.2, -0.15) is 13.2 Å².